The molecule has 0 aliphatic carbocycles. The minimum Gasteiger partial charge on any atom is -0.390 e. The monoisotopic (exact) mass is 270 g/mol. The Morgan fingerprint density at radius 1 is 1.33 bits per heavy atom. The van der Waals surface area contributed by atoms with Crippen molar-refractivity contribution in [2.45, 2.75) is 18.8 Å². The Labute approximate surface area is 113 Å². The number of hydrogen-bond donors (Lipinski definition) is 1. The van der Waals surface area contributed by atoms with Crippen molar-refractivity contribution in [3.8, 4) is 0 Å². The predicted molar refractivity (Wildman–Crippen MR) is 76.0 cm³/mol. The van der Waals surface area contributed by atoms with Crippen LogP contribution in [0.2, 0.25) is 0 Å². The fourth-order valence-electron chi connectivity index (χ4n) is 1.52. The van der Waals surface area contributed by atoms with Crippen LogP contribution < -0.4 is 0 Å². The van der Waals surface area contributed by atoms with Gasteiger partial charge >= 0.3 is 0 Å². The Morgan fingerprint density at radius 2 is 2.17 bits per heavy atom. The van der Waals surface area contributed by atoms with Crippen molar-refractivity contribution in [2.75, 3.05) is 32.7 Å². The number of ether oxygens (including phenoxy) is 2. The molecule has 0 bridgehead atoms. The van der Waals surface area contributed by atoms with E-state index in [1.807, 2.05) is 0 Å². The second-order valence-corrected chi connectivity index (χ2v) is 5.26. The summed E-state index contributed by atoms with van der Waals surface area (Å²) in [5, 5.41) is 9.69. The molecular weight excluding hydrogens is 248 g/mol. The molecule has 1 rings (SSSR count). The van der Waals surface area contributed by atoms with Crippen LogP contribution in [0.15, 0.2) is 24.3 Å². The minimum absolute atomic E-state index is 0.379. The van der Waals surface area contributed by atoms with Gasteiger partial charge in [0.2, 0.25) is 0 Å². The van der Waals surface area contributed by atoms with Crippen molar-refractivity contribution in [1.82, 2.24) is 0 Å². The van der Waals surface area contributed by atoms with Gasteiger partial charge < -0.3 is 14.6 Å². The third kappa shape index (κ3) is 7.01. The van der Waals surface area contributed by atoms with Crippen LogP contribution in [0.5, 0.6) is 0 Å². The van der Waals surface area contributed by atoms with Crippen molar-refractivity contribution in [3.05, 3.63) is 35.4 Å². The van der Waals surface area contributed by atoms with Gasteiger partial charge in [0.25, 0.3) is 0 Å². The average Bonchev–Trinajstić information content (AvgIpc) is 2.35. The second-order valence-electron chi connectivity index (χ2n) is 4.23. The molecule has 102 valence electrons. The van der Waals surface area contributed by atoms with E-state index in [-0.39, 0.29) is 0 Å². The van der Waals surface area contributed by atoms with Gasteiger partial charge in [-0.1, -0.05) is 29.8 Å². The molecule has 0 saturated heterocycles. The number of benzene rings is 1. The summed E-state index contributed by atoms with van der Waals surface area (Å²) in [4.78, 5) is 0. The van der Waals surface area contributed by atoms with Crippen LogP contribution in [0, 0.1) is 6.92 Å². The lowest BCUT2D eigenvalue weighted by atomic mass is 10.2. The lowest BCUT2D eigenvalue weighted by Gasteiger charge is -2.11. The van der Waals surface area contributed by atoms with Crippen LogP contribution in [0.3, 0.4) is 0 Å². The molecule has 0 radical (unpaired) electrons. The highest BCUT2D eigenvalue weighted by Gasteiger charge is 2.04. The van der Waals surface area contributed by atoms with E-state index >= 15 is 0 Å². The maximum atomic E-state index is 9.69. The maximum Gasteiger partial charge on any atom is 0.0863 e. The highest BCUT2D eigenvalue weighted by atomic mass is 32.2. The SMILES string of the molecule is COCCOCC(O)CSCc1cccc(C)c1. The van der Waals surface area contributed by atoms with E-state index in [0.717, 1.165) is 5.75 Å². The number of hydrogen-bond acceptors (Lipinski definition) is 4. The maximum absolute atomic E-state index is 9.69. The molecule has 18 heavy (non-hydrogen) atoms. The lowest BCUT2D eigenvalue weighted by Crippen LogP contribution is -2.19. The van der Waals surface area contributed by atoms with Crippen LogP contribution in [0.25, 0.3) is 0 Å². The predicted octanol–water partition coefficient (Wildman–Crippen LogP) is 2.25. The molecule has 1 N–H and O–H groups in total. The van der Waals surface area contributed by atoms with Crippen LogP contribution in [-0.4, -0.2) is 43.9 Å². The van der Waals surface area contributed by atoms with Gasteiger partial charge in [0.1, 0.15) is 0 Å². The van der Waals surface area contributed by atoms with E-state index in [1.54, 1.807) is 18.9 Å². The van der Waals surface area contributed by atoms with E-state index in [2.05, 4.69) is 31.2 Å². The summed E-state index contributed by atoms with van der Waals surface area (Å²) in [5.41, 5.74) is 2.57. The molecule has 0 saturated carbocycles. The van der Waals surface area contributed by atoms with Crippen molar-refractivity contribution in [2.24, 2.45) is 0 Å². The lowest BCUT2D eigenvalue weighted by molar-refractivity contribution is 0.0218. The van der Waals surface area contributed by atoms with Gasteiger partial charge in [-0.15, -0.1) is 0 Å². The van der Waals surface area contributed by atoms with Gasteiger partial charge in [-0.3, -0.25) is 0 Å². The number of aryl methyl sites for hydroxylation is 1. The second kappa shape index (κ2) is 9.39. The normalized spacial score (nSPS) is 12.6. The fourth-order valence-corrected chi connectivity index (χ4v) is 2.43. The Kier molecular flexibility index (Phi) is 8.09. The molecule has 0 aliphatic heterocycles. The first kappa shape index (κ1) is 15.5. The van der Waals surface area contributed by atoms with Gasteiger partial charge in [0.15, 0.2) is 0 Å². The van der Waals surface area contributed by atoms with Gasteiger partial charge in [0.05, 0.1) is 25.9 Å². The zero-order valence-electron chi connectivity index (χ0n) is 11.1. The number of aliphatic hydroxyl groups excluding tert-OH is 1. The molecule has 1 aromatic rings. The van der Waals surface area contributed by atoms with E-state index in [0.29, 0.717) is 25.6 Å². The third-order valence-electron chi connectivity index (χ3n) is 2.40. The molecular formula is C14H22O3S. The Hall–Kier alpha value is -0.550. The number of thioether (sulfide) groups is 1. The molecule has 4 heteroatoms. The largest absolute Gasteiger partial charge is 0.390 e. The van der Waals surface area contributed by atoms with E-state index in [4.69, 9.17) is 9.47 Å². The molecule has 1 unspecified atom stereocenters. The Bertz CT molecular complexity index is 331. The van der Waals surface area contributed by atoms with E-state index < -0.39 is 6.10 Å². The van der Waals surface area contributed by atoms with Gasteiger partial charge in [-0.05, 0) is 12.5 Å². The highest BCUT2D eigenvalue weighted by Crippen LogP contribution is 2.14. The zero-order valence-corrected chi connectivity index (χ0v) is 11.9. The van der Waals surface area contributed by atoms with Gasteiger partial charge in [-0.25, -0.2) is 0 Å². The molecule has 0 amide bonds. The van der Waals surface area contributed by atoms with E-state index in [9.17, 15) is 5.11 Å². The molecule has 0 fully saturated rings. The third-order valence-corrected chi connectivity index (χ3v) is 3.56. The Balaban J connectivity index is 2.09. The first-order valence-electron chi connectivity index (χ1n) is 6.10. The quantitative estimate of drug-likeness (QED) is 0.699. The molecule has 1 atom stereocenters. The first-order chi connectivity index (χ1) is 8.72. The molecule has 0 spiro atoms. The summed E-state index contributed by atoms with van der Waals surface area (Å²) in [6.45, 7) is 3.58. The summed E-state index contributed by atoms with van der Waals surface area (Å²) in [6, 6.07) is 8.44. The summed E-state index contributed by atoms with van der Waals surface area (Å²) in [6.07, 6.45) is -0.406. The van der Waals surface area contributed by atoms with Crippen molar-refractivity contribution >= 4 is 11.8 Å². The zero-order chi connectivity index (χ0) is 13.2. The topological polar surface area (TPSA) is 38.7 Å². The standard InChI is InChI=1S/C14H22O3S/c1-12-4-3-5-13(8-12)10-18-11-14(15)9-17-7-6-16-2/h3-5,8,14-15H,6-7,9-11H2,1-2H3. The Morgan fingerprint density at radius 3 is 2.89 bits per heavy atom. The first-order valence-corrected chi connectivity index (χ1v) is 7.26. The molecule has 0 heterocycles. The van der Waals surface area contributed by atoms with Crippen molar-refractivity contribution in [1.29, 1.82) is 0 Å². The van der Waals surface area contributed by atoms with Crippen molar-refractivity contribution < 1.29 is 14.6 Å². The molecule has 1 aromatic carbocycles. The highest BCUT2D eigenvalue weighted by molar-refractivity contribution is 7.98. The number of rotatable bonds is 9. The summed E-state index contributed by atoms with van der Waals surface area (Å²) >= 11 is 1.73. The minimum atomic E-state index is -0.406. The average molecular weight is 270 g/mol. The molecule has 0 aromatic heterocycles. The summed E-state index contributed by atoms with van der Waals surface area (Å²) in [7, 11) is 1.64. The smallest absolute Gasteiger partial charge is 0.0863 e. The fraction of sp³-hybridized carbons (Fsp3) is 0.571. The van der Waals surface area contributed by atoms with Crippen LogP contribution in [0.1, 0.15) is 11.1 Å². The molecule has 0 aliphatic rings. The molecule has 3 nitrogen and oxygen atoms in total. The number of aliphatic hydroxyl groups is 1. The summed E-state index contributed by atoms with van der Waals surface area (Å²) in [5.74, 6) is 1.62. The summed E-state index contributed by atoms with van der Waals surface area (Å²) < 4.78 is 10.1. The van der Waals surface area contributed by atoms with E-state index in [1.165, 1.54) is 11.1 Å². The van der Waals surface area contributed by atoms with Crippen LogP contribution in [-0.2, 0) is 15.2 Å². The van der Waals surface area contributed by atoms with Crippen LogP contribution in [0.4, 0.5) is 0 Å². The van der Waals surface area contributed by atoms with Gasteiger partial charge in [-0.2, -0.15) is 11.8 Å². The van der Waals surface area contributed by atoms with Crippen LogP contribution >= 0.6 is 11.8 Å². The van der Waals surface area contributed by atoms with Gasteiger partial charge in [0, 0.05) is 18.6 Å². The number of methoxy groups -OCH3 is 1. The van der Waals surface area contributed by atoms with Crippen molar-refractivity contribution in [3.63, 3.8) is 0 Å².